The molecule has 1 saturated heterocycles. The van der Waals surface area contributed by atoms with E-state index in [-0.39, 0.29) is 17.2 Å². The van der Waals surface area contributed by atoms with Gasteiger partial charge in [-0.05, 0) is 51.5 Å². The predicted molar refractivity (Wildman–Crippen MR) is 89.1 cm³/mol. The molecule has 0 saturated carbocycles. The Bertz CT molecular complexity index is 501. The summed E-state index contributed by atoms with van der Waals surface area (Å²) in [6.45, 7) is 10.5. The maximum absolute atomic E-state index is 6.36. The van der Waals surface area contributed by atoms with Gasteiger partial charge in [0.25, 0.3) is 0 Å². The smallest absolute Gasteiger partial charge is 0.0761 e. The lowest BCUT2D eigenvalue weighted by molar-refractivity contribution is -0.187. The van der Waals surface area contributed by atoms with E-state index >= 15 is 0 Å². The standard InChI is InChI=1S/C16H24Cl2N2O/c1-15(2)9-20(10-16(3,4)21-15)14(8-19)12-7-11(17)5-6-13(12)18/h5-7,14H,8-10,19H2,1-4H3. The van der Waals surface area contributed by atoms with Crippen LogP contribution in [0.15, 0.2) is 18.2 Å². The molecule has 1 atom stereocenters. The molecule has 1 aromatic carbocycles. The summed E-state index contributed by atoms with van der Waals surface area (Å²) in [5, 5.41) is 1.39. The summed E-state index contributed by atoms with van der Waals surface area (Å²) in [5.41, 5.74) is 6.59. The minimum Gasteiger partial charge on any atom is -0.367 e. The van der Waals surface area contributed by atoms with E-state index < -0.39 is 0 Å². The zero-order valence-electron chi connectivity index (χ0n) is 13.1. The fourth-order valence-electron chi connectivity index (χ4n) is 3.31. The molecule has 0 aliphatic carbocycles. The molecule has 118 valence electrons. The van der Waals surface area contributed by atoms with Gasteiger partial charge in [0.05, 0.1) is 11.2 Å². The molecule has 21 heavy (non-hydrogen) atoms. The number of halogens is 2. The molecule has 2 rings (SSSR count). The lowest BCUT2D eigenvalue weighted by atomic mass is 9.95. The van der Waals surface area contributed by atoms with E-state index in [0.29, 0.717) is 16.6 Å². The average Bonchev–Trinajstić information content (AvgIpc) is 2.30. The van der Waals surface area contributed by atoms with Crippen molar-refractivity contribution in [2.45, 2.75) is 44.9 Å². The van der Waals surface area contributed by atoms with Gasteiger partial charge in [-0.25, -0.2) is 0 Å². The maximum Gasteiger partial charge on any atom is 0.0761 e. The summed E-state index contributed by atoms with van der Waals surface area (Å²) < 4.78 is 6.13. The van der Waals surface area contributed by atoms with Crippen LogP contribution in [0.5, 0.6) is 0 Å². The molecule has 0 bridgehead atoms. The first kappa shape index (κ1) is 17.0. The molecular formula is C16H24Cl2N2O. The third-order valence-electron chi connectivity index (χ3n) is 3.70. The van der Waals surface area contributed by atoms with Crippen molar-refractivity contribution in [2.75, 3.05) is 19.6 Å². The van der Waals surface area contributed by atoms with E-state index in [0.717, 1.165) is 18.7 Å². The lowest BCUT2D eigenvalue weighted by Gasteiger charge is -2.49. The van der Waals surface area contributed by atoms with E-state index in [9.17, 15) is 0 Å². The van der Waals surface area contributed by atoms with Crippen LogP contribution in [0.1, 0.15) is 39.3 Å². The predicted octanol–water partition coefficient (Wildman–Crippen LogP) is 3.88. The number of nitrogens with zero attached hydrogens (tertiary/aromatic N) is 1. The van der Waals surface area contributed by atoms with Crippen LogP contribution in [0.2, 0.25) is 10.0 Å². The van der Waals surface area contributed by atoms with Crippen LogP contribution in [0.25, 0.3) is 0 Å². The highest BCUT2D eigenvalue weighted by molar-refractivity contribution is 6.33. The summed E-state index contributed by atoms with van der Waals surface area (Å²) >= 11 is 12.5. The number of hydrogen-bond acceptors (Lipinski definition) is 3. The topological polar surface area (TPSA) is 38.5 Å². The molecule has 3 nitrogen and oxygen atoms in total. The highest BCUT2D eigenvalue weighted by atomic mass is 35.5. The SMILES string of the molecule is CC1(C)CN(C(CN)c2cc(Cl)ccc2Cl)CC(C)(C)O1. The van der Waals surface area contributed by atoms with E-state index in [1.54, 1.807) is 6.07 Å². The van der Waals surface area contributed by atoms with Gasteiger partial charge in [-0.15, -0.1) is 0 Å². The first-order chi connectivity index (χ1) is 9.63. The monoisotopic (exact) mass is 330 g/mol. The largest absolute Gasteiger partial charge is 0.367 e. The fourth-order valence-corrected chi connectivity index (χ4v) is 3.73. The van der Waals surface area contributed by atoms with Crippen LogP contribution >= 0.6 is 23.2 Å². The molecule has 1 fully saturated rings. The summed E-state index contributed by atoms with van der Waals surface area (Å²) in [5.74, 6) is 0. The van der Waals surface area contributed by atoms with Gasteiger partial charge in [0.1, 0.15) is 0 Å². The first-order valence-electron chi connectivity index (χ1n) is 7.23. The number of hydrogen-bond donors (Lipinski definition) is 1. The Labute approximate surface area is 137 Å². The highest BCUT2D eigenvalue weighted by Crippen LogP contribution is 2.36. The van der Waals surface area contributed by atoms with Crippen molar-refractivity contribution in [3.05, 3.63) is 33.8 Å². The van der Waals surface area contributed by atoms with Crippen molar-refractivity contribution in [1.82, 2.24) is 4.90 Å². The van der Waals surface area contributed by atoms with Crippen molar-refractivity contribution >= 4 is 23.2 Å². The molecule has 1 heterocycles. The second-order valence-corrected chi connectivity index (χ2v) is 7.79. The fraction of sp³-hybridized carbons (Fsp3) is 0.625. The molecule has 2 N–H and O–H groups in total. The summed E-state index contributed by atoms with van der Waals surface area (Å²) in [6, 6.07) is 5.59. The first-order valence-corrected chi connectivity index (χ1v) is 7.98. The van der Waals surface area contributed by atoms with Crippen LogP contribution in [-0.2, 0) is 4.74 Å². The number of nitrogens with two attached hydrogens (primary N) is 1. The Morgan fingerprint density at radius 1 is 1.19 bits per heavy atom. The number of morpholine rings is 1. The van der Waals surface area contributed by atoms with Crippen molar-refractivity contribution in [3.63, 3.8) is 0 Å². The van der Waals surface area contributed by atoms with Crippen LogP contribution < -0.4 is 5.73 Å². The van der Waals surface area contributed by atoms with E-state index in [4.69, 9.17) is 33.7 Å². The minimum atomic E-state index is -0.222. The zero-order valence-corrected chi connectivity index (χ0v) is 14.6. The molecule has 0 aromatic heterocycles. The van der Waals surface area contributed by atoms with Crippen molar-refractivity contribution in [2.24, 2.45) is 5.73 Å². The average molecular weight is 331 g/mol. The van der Waals surface area contributed by atoms with Crippen LogP contribution in [0, 0.1) is 0 Å². The van der Waals surface area contributed by atoms with E-state index in [1.807, 2.05) is 12.1 Å². The Morgan fingerprint density at radius 2 is 1.76 bits per heavy atom. The van der Waals surface area contributed by atoms with Crippen LogP contribution in [0.4, 0.5) is 0 Å². The van der Waals surface area contributed by atoms with Crippen LogP contribution in [-0.4, -0.2) is 35.7 Å². The lowest BCUT2D eigenvalue weighted by Crippen LogP contribution is -2.58. The molecule has 1 aliphatic rings. The van der Waals surface area contributed by atoms with Crippen molar-refractivity contribution < 1.29 is 4.74 Å². The van der Waals surface area contributed by atoms with Gasteiger partial charge >= 0.3 is 0 Å². The Hall–Kier alpha value is -0.320. The molecular weight excluding hydrogens is 307 g/mol. The molecule has 0 radical (unpaired) electrons. The van der Waals surface area contributed by atoms with Gasteiger partial charge < -0.3 is 10.5 Å². The molecule has 1 aromatic rings. The third kappa shape index (κ3) is 4.11. The second kappa shape index (κ2) is 6.05. The number of benzene rings is 1. The van der Waals surface area contributed by atoms with E-state index in [1.165, 1.54) is 0 Å². The van der Waals surface area contributed by atoms with Gasteiger partial charge in [0.15, 0.2) is 0 Å². The third-order valence-corrected chi connectivity index (χ3v) is 4.28. The summed E-state index contributed by atoms with van der Waals surface area (Å²) in [6.07, 6.45) is 0. The van der Waals surface area contributed by atoms with Crippen molar-refractivity contribution in [1.29, 1.82) is 0 Å². The van der Waals surface area contributed by atoms with Gasteiger partial charge in [-0.1, -0.05) is 23.2 Å². The Balaban J connectivity index is 2.34. The molecule has 1 aliphatic heterocycles. The molecule has 0 amide bonds. The Morgan fingerprint density at radius 3 is 2.29 bits per heavy atom. The molecule has 1 unspecified atom stereocenters. The summed E-state index contributed by atoms with van der Waals surface area (Å²) in [4.78, 5) is 2.35. The van der Waals surface area contributed by atoms with Gasteiger partial charge in [0, 0.05) is 35.7 Å². The van der Waals surface area contributed by atoms with Gasteiger partial charge in [-0.3, -0.25) is 4.90 Å². The van der Waals surface area contributed by atoms with E-state index in [2.05, 4.69) is 32.6 Å². The van der Waals surface area contributed by atoms with Crippen LogP contribution in [0.3, 0.4) is 0 Å². The molecule has 0 spiro atoms. The second-order valence-electron chi connectivity index (χ2n) is 6.94. The maximum atomic E-state index is 6.36. The summed E-state index contributed by atoms with van der Waals surface area (Å²) in [7, 11) is 0. The number of rotatable bonds is 3. The number of ether oxygens (including phenoxy) is 1. The highest BCUT2D eigenvalue weighted by Gasteiger charge is 2.40. The Kier molecular flexibility index (Phi) is 4.91. The quantitative estimate of drug-likeness (QED) is 0.913. The van der Waals surface area contributed by atoms with Gasteiger partial charge in [-0.2, -0.15) is 0 Å². The zero-order chi connectivity index (χ0) is 15.8. The minimum absolute atomic E-state index is 0.0404. The normalized spacial score (nSPS) is 23.0. The van der Waals surface area contributed by atoms with Crippen molar-refractivity contribution in [3.8, 4) is 0 Å². The molecule has 5 heteroatoms. The van der Waals surface area contributed by atoms with Gasteiger partial charge in [0.2, 0.25) is 0 Å².